The van der Waals surface area contributed by atoms with E-state index >= 15 is 0 Å². The van der Waals surface area contributed by atoms with Gasteiger partial charge in [0.15, 0.2) is 0 Å². The standard InChI is InChI=1S/C28H23FN4O4S/c29-22-12-11-20(26(35)31-38-19-9-5-2-6-10-19)24-23(22)21(17-30-24)25(34)28(37)33-15-13-32(14-16-33)27(36)18-7-3-1-4-8-18/h1-12,17,30H,13-16H2,(H,31,35). The van der Waals surface area contributed by atoms with E-state index in [2.05, 4.69) is 9.71 Å². The monoisotopic (exact) mass is 530 g/mol. The number of fused-ring (bicyclic) bond motifs is 1. The number of piperazine rings is 1. The molecule has 0 bridgehead atoms. The van der Waals surface area contributed by atoms with Crippen molar-refractivity contribution in [1.29, 1.82) is 0 Å². The number of benzene rings is 3. The maximum atomic E-state index is 14.9. The Hall–Kier alpha value is -4.44. The van der Waals surface area contributed by atoms with Crippen molar-refractivity contribution in [1.82, 2.24) is 19.5 Å². The van der Waals surface area contributed by atoms with Crippen LogP contribution in [0.4, 0.5) is 4.39 Å². The molecule has 2 heterocycles. The fourth-order valence-electron chi connectivity index (χ4n) is 4.36. The van der Waals surface area contributed by atoms with Gasteiger partial charge in [0.1, 0.15) is 5.82 Å². The van der Waals surface area contributed by atoms with Gasteiger partial charge in [-0.15, -0.1) is 0 Å². The van der Waals surface area contributed by atoms with Crippen LogP contribution in [0.25, 0.3) is 10.9 Å². The largest absolute Gasteiger partial charge is 0.360 e. The van der Waals surface area contributed by atoms with Crippen molar-refractivity contribution in [3.05, 3.63) is 102 Å². The summed E-state index contributed by atoms with van der Waals surface area (Å²) in [5.74, 6) is -3.00. The molecule has 0 spiro atoms. The lowest BCUT2D eigenvalue weighted by atomic mass is 10.0. The summed E-state index contributed by atoms with van der Waals surface area (Å²) in [6.07, 6.45) is 1.25. The Morgan fingerprint density at radius 2 is 1.42 bits per heavy atom. The predicted octanol–water partition coefficient (Wildman–Crippen LogP) is 3.91. The van der Waals surface area contributed by atoms with Crippen molar-refractivity contribution in [3.63, 3.8) is 0 Å². The molecule has 5 rings (SSSR count). The molecule has 1 aromatic heterocycles. The van der Waals surface area contributed by atoms with Gasteiger partial charge in [-0.1, -0.05) is 36.4 Å². The first-order valence-corrected chi connectivity index (χ1v) is 12.8. The zero-order valence-electron chi connectivity index (χ0n) is 20.1. The minimum Gasteiger partial charge on any atom is -0.360 e. The highest BCUT2D eigenvalue weighted by Crippen LogP contribution is 2.27. The van der Waals surface area contributed by atoms with E-state index in [1.807, 2.05) is 36.4 Å². The maximum absolute atomic E-state index is 14.9. The summed E-state index contributed by atoms with van der Waals surface area (Å²) in [7, 11) is 0. The van der Waals surface area contributed by atoms with Crippen LogP contribution in [0.3, 0.4) is 0 Å². The first kappa shape index (κ1) is 25.2. The molecule has 0 radical (unpaired) electrons. The number of carbonyl (C=O) groups is 4. The van der Waals surface area contributed by atoms with Crippen LogP contribution in [0.5, 0.6) is 0 Å². The first-order chi connectivity index (χ1) is 18.4. The van der Waals surface area contributed by atoms with Gasteiger partial charge in [-0.2, -0.15) is 0 Å². The van der Waals surface area contributed by atoms with Gasteiger partial charge in [0.2, 0.25) is 0 Å². The summed E-state index contributed by atoms with van der Waals surface area (Å²) in [6.45, 7) is 0.910. The lowest BCUT2D eigenvalue weighted by Gasteiger charge is -2.34. The molecule has 2 N–H and O–H groups in total. The SMILES string of the molecule is O=C(NSc1ccccc1)c1ccc(F)c2c(C(=O)C(=O)N3CCN(C(=O)c4ccccc4)CC3)c[nH]c12. The molecule has 0 aliphatic carbocycles. The van der Waals surface area contributed by atoms with Crippen LogP contribution in [0.2, 0.25) is 0 Å². The van der Waals surface area contributed by atoms with Crippen LogP contribution >= 0.6 is 11.9 Å². The quantitative estimate of drug-likeness (QED) is 0.224. The van der Waals surface area contributed by atoms with Crippen molar-refractivity contribution >= 4 is 46.4 Å². The second kappa shape index (κ2) is 10.9. The van der Waals surface area contributed by atoms with Gasteiger partial charge in [-0.05, 0) is 48.3 Å². The number of aromatic nitrogens is 1. The molecule has 3 aromatic carbocycles. The average Bonchev–Trinajstić information content (AvgIpc) is 3.42. The Morgan fingerprint density at radius 3 is 2.11 bits per heavy atom. The number of rotatable bonds is 6. The van der Waals surface area contributed by atoms with Crippen molar-refractivity contribution in [3.8, 4) is 0 Å². The lowest BCUT2D eigenvalue weighted by Crippen LogP contribution is -2.52. The van der Waals surface area contributed by atoms with Gasteiger partial charge in [0.05, 0.1) is 16.6 Å². The fourth-order valence-corrected chi connectivity index (χ4v) is 4.97. The second-order valence-electron chi connectivity index (χ2n) is 8.67. The number of halogens is 1. The molecular formula is C28H23FN4O4S. The Bertz CT molecular complexity index is 1520. The number of hydrogen-bond donors (Lipinski definition) is 2. The molecule has 1 saturated heterocycles. The van der Waals surface area contributed by atoms with Crippen LogP contribution in [-0.2, 0) is 4.79 Å². The summed E-state index contributed by atoms with van der Waals surface area (Å²) >= 11 is 1.11. The predicted molar refractivity (Wildman–Crippen MR) is 141 cm³/mol. The zero-order chi connectivity index (χ0) is 26.6. The van der Waals surface area contributed by atoms with Crippen LogP contribution in [0.15, 0.2) is 83.9 Å². The topological polar surface area (TPSA) is 103 Å². The number of nitrogens with one attached hydrogen (secondary N) is 2. The molecule has 8 nitrogen and oxygen atoms in total. The second-order valence-corrected chi connectivity index (χ2v) is 9.55. The molecule has 38 heavy (non-hydrogen) atoms. The first-order valence-electron chi connectivity index (χ1n) is 11.9. The van der Waals surface area contributed by atoms with E-state index in [0.717, 1.165) is 22.9 Å². The number of carbonyl (C=O) groups excluding carboxylic acids is 4. The Morgan fingerprint density at radius 1 is 0.789 bits per heavy atom. The molecule has 1 fully saturated rings. The Kier molecular flexibility index (Phi) is 7.23. The van der Waals surface area contributed by atoms with Gasteiger partial charge < -0.3 is 14.8 Å². The van der Waals surface area contributed by atoms with Crippen molar-refractivity contribution < 1.29 is 23.6 Å². The highest BCUT2D eigenvalue weighted by molar-refractivity contribution is 7.98. The number of hydrogen-bond acceptors (Lipinski definition) is 5. The summed E-state index contributed by atoms with van der Waals surface area (Å²) in [4.78, 5) is 58.3. The van der Waals surface area contributed by atoms with Gasteiger partial charge in [-0.3, -0.25) is 23.9 Å². The number of ketones is 1. The van der Waals surface area contributed by atoms with Crippen molar-refractivity contribution in [2.24, 2.45) is 0 Å². The van der Waals surface area contributed by atoms with E-state index < -0.39 is 23.4 Å². The van der Waals surface area contributed by atoms with Gasteiger partial charge >= 0.3 is 0 Å². The van der Waals surface area contributed by atoms with Gasteiger partial charge in [0, 0.05) is 48.2 Å². The lowest BCUT2D eigenvalue weighted by molar-refractivity contribution is -0.127. The van der Waals surface area contributed by atoms with E-state index in [9.17, 15) is 23.6 Å². The van der Waals surface area contributed by atoms with Crippen molar-refractivity contribution in [2.75, 3.05) is 26.2 Å². The van der Waals surface area contributed by atoms with E-state index in [4.69, 9.17) is 0 Å². The van der Waals surface area contributed by atoms with Crippen LogP contribution < -0.4 is 4.72 Å². The van der Waals surface area contributed by atoms with Gasteiger partial charge in [0.25, 0.3) is 23.5 Å². The number of Topliss-reactive ketones (excluding diaryl/α,β-unsaturated/α-hetero) is 1. The van der Waals surface area contributed by atoms with Crippen LogP contribution in [0, 0.1) is 5.82 Å². The highest BCUT2D eigenvalue weighted by Gasteiger charge is 2.31. The van der Waals surface area contributed by atoms with Crippen LogP contribution in [-0.4, -0.2) is 64.5 Å². The van der Waals surface area contributed by atoms with E-state index in [1.165, 1.54) is 17.2 Å². The van der Waals surface area contributed by atoms with Gasteiger partial charge in [-0.25, -0.2) is 4.39 Å². The summed E-state index contributed by atoms with van der Waals surface area (Å²) < 4.78 is 17.6. The summed E-state index contributed by atoms with van der Waals surface area (Å²) in [5.41, 5.74) is 0.685. The molecule has 10 heteroatoms. The molecule has 192 valence electrons. The fraction of sp³-hybridized carbons (Fsp3) is 0.143. The highest BCUT2D eigenvalue weighted by atomic mass is 32.2. The third-order valence-electron chi connectivity index (χ3n) is 6.35. The van der Waals surface area contributed by atoms with Crippen molar-refractivity contribution in [2.45, 2.75) is 4.90 Å². The molecular weight excluding hydrogens is 507 g/mol. The molecule has 3 amide bonds. The number of amides is 3. The number of aromatic amines is 1. The smallest absolute Gasteiger partial charge is 0.295 e. The molecule has 0 saturated carbocycles. The molecule has 0 unspecified atom stereocenters. The minimum atomic E-state index is -0.880. The van der Waals surface area contributed by atoms with E-state index in [0.29, 0.717) is 5.56 Å². The van der Waals surface area contributed by atoms with E-state index in [-0.39, 0.29) is 54.1 Å². The van der Waals surface area contributed by atoms with Crippen LogP contribution in [0.1, 0.15) is 31.1 Å². The van der Waals surface area contributed by atoms with E-state index in [1.54, 1.807) is 29.2 Å². The minimum absolute atomic E-state index is 0.112. The third-order valence-corrected chi connectivity index (χ3v) is 7.14. The maximum Gasteiger partial charge on any atom is 0.295 e. The molecule has 0 atom stereocenters. The zero-order valence-corrected chi connectivity index (χ0v) is 21.0. The Balaban J connectivity index is 1.29. The normalized spacial score (nSPS) is 13.4. The summed E-state index contributed by atoms with van der Waals surface area (Å²) in [5, 5.41) is -0.112. The Labute approximate surface area is 221 Å². The number of nitrogens with zero attached hydrogens (tertiary/aromatic N) is 2. The molecule has 1 aliphatic heterocycles. The number of H-pyrrole nitrogens is 1. The summed E-state index contributed by atoms with van der Waals surface area (Å²) in [6, 6.07) is 20.5. The molecule has 4 aromatic rings. The third kappa shape index (κ3) is 5.03. The molecule has 1 aliphatic rings. The average molecular weight is 531 g/mol.